The van der Waals surface area contributed by atoms with E-state index < -0.39 is 11.8 Å². The molecule has 0 amide bonds. The van der Waals surface area contributed by atoms with Crippen molar-refractivity contribution in [2.24, 2.45) is 0 Å². The molecule has 0 saturated heterocycles. The highest BCUT2D eigenvalue weighted by Gasteiger charge is 2.21. The van der Waals surface area contributed by atoms with E-state index in [0.29, 0.717) is 16.1 Å². The van der Waals surface area contributed by atoms with Gasteiger partial charge in [-0.1, -0.05) is 11.6 Å². The average molecular weight is 295 g/mol. The van der Waals surface area contributed by atoms with Crippen LogP contribution in [-0.2, 0) is 20.9 Å². The van der Waals surface area contributed by atoms with Crippen LogP contribution in [0, 0.1) is 0 Å². The van der Waals surface area contributed by atoms with Crippen LogP contribution in [0.15, 0.2) is 24.4 Å². The lowest BCUT2D eigenvalue weighted by Crippen LogP contribution is -2.44. The summed E-state index contributed by atoms with van der Waals surface area (Å²) in [6.07, 6.45) is 1.41. The SMILES string of the molecule is CCOC(=O)C(=O)C[n+]1c(N)cnc2cc(Cl)ccc21. The molecule has 1 aromatic carbocycles. The van der Waals surface area contributed by atoms with E-state index in [1.54, 1.807) is 25.1 Å². The van der Waals surface area contributed by atoms with Crippen LogP contribution in [0.1, 0.15) is 6.92 Å². The Balaban J connectivity index is 2.41. The third-order valence-corrected chi connectivity index (χ3v) is 2.92. The monoisotopic (exact) mass is 294 g/mol. The third kappa shape index (κ3) is 2.85. The molecule has 6 nitrogen and oxygen atoms in total. The number of fused-ring (bicyclic) bond motifs is 1. The van der Waals surface area contributed by atoms with Gasteiger partial charge in [0, 0.05) is 5.02 Å². The Hall–Kier alpha value is -2.21. The van der Waals surface area contributed by atoms with Gasteiger partial charge >= 0.3 is 5.97 Å². The van der Waals surface area contributed by atoms with Crippen LogP contribution in [0.2, 0.25) is 5.02 Å². The molecule has 0 fully saturated rings. The molecule has 0 atom stereocenters. The largest absolute Gasteiger partial charge is 0.460 e. The van der Waals surface area contributed by atoms with Crippen molar-refractivity contribution in [1.29, 1.82) is 0 Å². The van der Waals surface area contributed by atoms with Gasteiger partial charge in [0.15, 0.2) is 12.1 Å². The molecule has 0 unspecified atom stereocenters. The Morgan fingerprint density at radius 3 is 2.90 bits per heavy atom. The maximum atomic E-state index is 11.8. The van der Waals surface area contributed by atoms with Crippen molar-refractivity contribution in [2.45, 2.75) is 13.5 Å². The first-order chi connectivity index (χ1) is 9.52. The first-order valence-electron chi connectivity index (χ1n) is 5.96. The van der Waals surface area contributed by atoms with Crippen LogP contribution < -0.4 is 10.3 Å². The zero-order valence-electron chi connectivity index (χ0n) is 10.8. The number of esters is 1. The van der Waals surface area contributed by atoms with Gasteiger partial charge < -0.3 is 4.74 Å². The Morgan fingerprint density at radius 2 is 2.20 bits per heavy atom. The summed E-state index contributed by atoms with van der Waals surface area (Å²) < 4.78 is 6.17. The van der Waals surface area contributed by atoms with Crippen LogP contribution in [0.4, 0.5) is 5.82 Å². The summed E-state index contributed by atoms with van der Waals surface area (Å²) in [7, 11) is 0. The van der Waals surface area contributed by atoms with Gasteiger partial charge in [0.25, 0.3) is 11.6 Å². The summed E-state index contributed by atoms with van der Waals surface area (Å²) in [6.45, 7) is 1.58. The number of benzene rings is 1. The van der Waals surface area contributed by atoms with Crippen molar-refractivity contribution < 1.29 is 18.9 Å². The lowest BCUT2D eigenvalue weighted by atomic mass is 10.2. The molecule has 0 aliphatic rings. The van der Waals surface area contributed by atoms with Gasteiger partial charge in [-0.2, -0.15) is 0 Å². The Bertz CT molecular complexity index is 688. The van der Waals surface area contributed by atoms with Gasteiger partial charge in [-0.25, -0.2) is 14.3 Å². The van der Waals surface area contributed by atoms with E-state index >= 15 is 0 Å². The molecule has 0 spiro atoms. The molecular formula is C13H13ClN3O3+. The number of aromatic nitrogens is 2. The molecule has 0 bridgehead atoms. The topological polar surface area (TPSA) is 86.2 Å². The van der Waals surface area contributed by atoms with Gasteiger partial charge in [0.1, 0.15) is 11.7 Å². The van der Waals surface area contributed by atoms with Crippen molar-refractivity contribution in [2.75, 3.05) is 12.3 Å². The van der Waals surface area contributed by atoms with E-state index in [-0.39, 0.29) is 19.0 Å². The molecule has 1 heterocycles. The number of nitrogen functional groups attached to an aromatic ring is 1. The van der Waals surface area contributed by atoms with E-state index in [1.807, 2.05) is 0 Å². The second kappa shape index (κ2) is 5.83. The maximum Gasteiger partial charge on any atom is 0.378 e. The quantitative estimate of drug-likeness (QED) is 0.514. The summed E-state index contributed by atoms with van der Waals surface area (Å²) >= 11 is 5.89. The maximum absolute atomic E-state index is 11.8. The highest BCUT2D eigenvalue weighted by Crippen LogP contribution is 2.15. The van der Waals surface area contributed by atoms with Crippen molar-refractivity contribution >= 4 is 40.2 Å². The molecular weight excluding hydrogens is 282 g/mol. The van der Waals surface area contributed by atoms with E-state index in [0.717, 1.165) is 0 Å². The number of ketones is 1. The number of ether oxygens (including phenoxy) is 1. The summed E-state index contributed by atoms with van der Waals surface area (Å²) in [5.74, 6) is -1.28. The van der Waals surface area contributed by atoms with E-state index in [9.17, 15) is 9.59 Å². The minimum Gasteiger partial charge on any atom is -0.460 e. The summed E-state index contributed by atoms with van der Waals surface area (Å²) in [5, 5.41) is 0.526. The van der Waals surface area contributed by atoms with Gasteiger partial charge in [-0.05, 0) is 25.1 Å². The molecule has 0 aliphatic heterocycles. The van der Waals surface area contributed by atoms with E-state index in [1.165, 1.54) is 10.8 Å². The molecule has 2 aromatic rings. The molecule has 2 rings (SSSR count). The number of nitrogens with zero attached hydrogens (tertiary/aromatic N) is 2. The lowest BCUT2D eigenvalue weighted by Gasteiger charge is -2.06. The number of carbonyl (C=O) groups is 2. The van der Waals surface area contributed by atoms with E-state index in [2.05, 4.69) is 9.72 Å². The minimum atomic E-state index is -0.877. The third-order valence-electron chi connectivity index (χ3n) is 2.68. The van der Waals surface area contributed by atoms with Crippen LogP contribution in [0.25, 0.3) is 11.0 Å². The smallest absolute Gasteiger partial charge is 0.378 e. The zero-order chi connectivity index (χ0) is 14.7. The highest BCUT2D eigenvalue weighted by atomic mass is 35.5. The number of nitrogens with two attached hydrogens (primary N) is 1. The fraction of sp³-hybridized carbons (Fsp3) is 0.231. The normalized spacial score (nSPS) is 10.5. The predicted octanol–water partition coefficient (Wildman–Crippen LogP) is 0.890. The second-order valence-corrected chi connectivity index (χ2v) is 4.48. The first kappa shape index (κ1) is 14.2. The minimum absolute atomic E-state index is 0.150. The second-order valence-electron chi connectivity index (χ2n) is 4.05. The number of halogens is 1. The van der Waals surface area contributed by atoms with Gasteiger partial charge in [-0.15, -0.1) is 0 Å². The average Bonchev–Trinajstić information content (AvgIpc) is 2.42. The number of Topliss-reactive ketones (excluding diaryl/α,β-unsaturated/α-hetero) is 1. The van der Waals surface area contributed by atoms with Crippen molar-refractivity contribution in [3.63, 3.8) is 0 Å². The van der Waals surface area contributed by atoms with Crippen LogP contribution in [0.3, 0.4) is 0 Å². The predicted molar refractivity (Wildman–Crippen MR) is 73.0 cm³/mol. The van der Waals surface area contributed by atoms with Crippen molar-refractivity contribution in [3.8, 4) is 0 Å². The Kier molecular flexibility index (Phi) is 4.14. The lowest BCUT2D eigenvalue weighted by molar-refractivity contribution is -0.643. The van der Waals surface area contributed by atoms with Crippen LogP contribution in [-0.4, -0.2) is 23.3 Å². The summed E-state index contributed by atoms with van der Waals surface area (Å²) in [4.78, 5) is 27.3. The van der Waals surface area contributed by atoms with Crippen molar-refractivity contribution in [1.82, 2.24) is 4.98 Å². The van der Waals surface area contributed by atoms with Crippen LogP contribution in [0.5, 0.6) is 0 Å². The van der Waals surface area contributed by atoms with Gasteiger partial charge in [-0.3, -0.25) is 10.5 Å². The molecule has 20 heavy (non-hydrogen) atoms. The molecule has 0 saturated carbocycles. The summed E-state index contributed by atoms with van der Waals surface area (Å²) in [6, 6.07) is 5.01. The number of hydrogen-bond acceptors (Lipinski definition) is 5. The van der Waals surface area contributed by atoms with E-state index in [4.69, 9.17) is 17.3 Å². The summed E-state index contributed by atoms with van der Waals surface area (Å²) in [5.41, 5.74) is 7.01. The first-order valence-corrected chi connectivity index (χ1v) is 6.34. The molecule has 0 aliphatic carbocycles. The van der Waals surface area contributed by atoms with Gasteiger partial charge in [0.2, 0.25) is 0 Å². The molecule has 2 N–H and O–H groups in total. The molecule has 104 valence electrons. The standard InChI is InChI=1S/C13H12ClN3O3/c1-2-20-13(19)11(18)7-17-10-4-3-8(14)5-9(10)16-6-12(17)15/h3-6,15H,2,7H2,1H3/p+1. The Labute approximate surface area is 120 Å². The number of anilines is 1. The molecule has 1 aromatic heterocycles. The number of rotatable bonds is 4. The molecule has 0 radical (unpaired) electrons. The number of hydrogen-bond donors (Lipinski definition) is 1. The molecule has 7 heteroatoms. The number of carbonyl (C=O) groups excluding carboxylic acids is 2. The fourth-order valence-electron chi connectivity index (χ4n) is 1.77. The highest BCUT2D eigenvalue weighted by molar-refractivity contribution is 6.33. The fourth-order valence-corrected chi connectivity index (χ4v) is 1.94. The zero-order valence-corrected chi connectivity index (χ0v) is 11.6. The van der Waals surface area contributed by atoms with Gasteiger partial charge in [0.05, 0.1) is 6.61 Å². The Morgan fingerprint density at radius 1 is 1.45 bits per heavy atom. The van der Waals surface area contributed by atoms with Crippen LogP contribution >= 0.6 is 11.6 Å². The van der Waals surface area contributed by atoms with Crippen molar-refractivity contribution in [3.05, 3.63) is 29.4 Å².